The first-order valence-electron chi connectivity index (χ1n) is 9.11. The Kier molecular flexibility index (Phi) is 6.27. The van der Waals surface area contributed by atoms with Crippen molar-refractivity contribution in [3.63, 3.8) is 0 Å². The first kappa shape index (κ1) is 18.4. The lowest BCUT2D eigenvalue weighted by Crippen LogP contribution is -2.29. The first-order valence-corrected chi connectivity index (χ1v) is 9.11. The molecule has 1 saturated carbocycles. The molecule has 26 heavy (non-hydrogen) atoms. The average Bonchev–Trinajstić information content (AvgIpc) is 2.68. The molecule has 2 heterocycles. The van der Waals surface area contributed by atoms with Gasteiger partial charge in [0.05, 0.1) is 17.4 Å². The van der Waals surface area contributed by atoms with Crippen molar-refractivity contribution in [3.05, 3.63) is 24.8 Å². The normalized spacial score (nSPS) is 21.2. The van der Waals surface area contributed by atoms with E-state index >= 15 is 0 Å². The number of halogens is 1. The Morgan fingerprint density at radius 2 is 2.08 bits per heavy atom. The average molecular weight is 360 g/mol. The molecule has 1 fully saturated rings. The quantitative estimate of drug-likeness (QED) is 0.699. The molecule has 1 aliphatic rings. The van der Waals surface area contributed by atoms with Crippen molar-refractivity contribution < 1.29 is 9.50 Å². The zero-order chi connectivity index (χ0) is 18.4. The number of aromatic nitrogens is 4. The summed E-state index contributed by atoms with van der Waals surface area (Å²) in [5, 5.41) is 16.1. The molecule has 0 bridgehead atoms. The van der Waals surface area contributed by atoms with Gasteiger partial charge in [-0.15, -0.1) is 0 Å². The van der Waals surface area contributed by atoms with Gasteiger partial charge in [0.1, 0.15) is 18.3 Å². The van der Waals surface area contributed by atoms with Gasteiger partial charge in [-0.25, -0.2) is 19.3 Å². The molecule has 0 saturated heterocycles. The first-order chi connectivity index (χ1) is 12.7. The van der Waals surface area contributed by atoms with Crippen molar-refractivity contribution in [2.75, 3.05) is 17.2 Å². The van der Waals surface area contributed by atoms with Crippen LogP contribution in [-0.4, -0.2) is 49.9 Å². The summed E-state index contributed by atoms with van der Waals surface area (Å²) in [5.74, 6) is 1.05. The van der Waals surface area contributed by atoms with Crippen molar-refractivity contribution in [2.45, 2.75) is 57.3 Å². The van der Waals surface area contributed by atoms with Crippen LogP contribution in [0.2, 0.25) is 0 Å². The van der Waals surface area contributed by atoms with Crippen LogP contribution in [0.5, 0.6) is 0 Å². The molecule has 0 spiro atoms. The molecule has 3 N–H and O–H groups in total. The summed E-state index contributed by atoms with van der Waals surface area (Å²) < 4.78 is 13.5. The molecule has 1 atom stereocenters. The topological polar surface area (TPSA) is 95.9 Å². The highest BCUT2D eigenvalue weighted by molar-refractivity contribution is 5.72. The Labute approximate surface area is 152 Å². The van der Waals surface area contributed by atoms with Crippen LogP contribution >= 0.6 is 0 Å². The van der Waals surface area contributed by atoms with Crippen molar-refractivity contribution in [1.29, 1.82) is 0 Å². The van der Waals surface area contributed by atoms with Crippen molar-refractivity contribution >= 4 is 11.8 Å². The minimum atomic E-state index is -0.934. The number of aliphatic hydroxyl groups is 1. The highest BCUT2D eigenvalue weighted by Gasteiger charge is 2.21. The molecular weight excluding hydrogens is 335 g/mol. The SMILES string of the molecule is CC[C@H](F)CNc1ncc(-c2ccncn2)c(N[C@H]2CC[C@H](O)CC2)n1. The van der Waals surface area contributed by atoms with Gasteiger partial charge in [0.2, 0.25) is 5.95 Å². The third kappa shape index (κ3) is 4.85. The van der Waals surface area contributed by atoms with Gasteiger partial charge >= 0.3 is 0 Å². The highest BCUT2D eigenvalue weighted by atomic mass is 19.1. The smallest absolute Gasteiger partial charge is 0.224 e. The number of aliphatic hydroxyl groups excluding tert-OH is 1. The maximum atomic E-state index is 13.5. The van der Waals surface area contributed by atoms with E-state index in [4.69, 9.17) is 0 Å². The molecule has 7 nitrogen and oxygen atoms in total. The fraction of sp³-hybridized carbons (Fsp3) is 0.556. The van der Waals surface area contributed by atoms with E-state index in [1.54, 1.807) is 25.4 Å². The Morgan fingerprint density at radius 1 is 1.27 bits per heavy atom. The standard InChI is InChI=1S/C18H25FN6O/c1-2-12(19)9-21-18-22-10-15(16-7-8-20-11-23-16)17(25-18)24-13-3-5-14(26)6-4-13/h7-8,10-14,26H,2-6,9H2,1H3,(H2,21,22,24,25)/t12-,13-,14-/m0/s1. The Bertz CT molecular complexity index is 693. The second-order valence-electron chi connectivity index (χ2n) is 6.59. The van der Waals surface area contributed by atoms with Gasteiger partial charge in [-0.2, -0.15) is 4.98 Å². The third-order valence-electron chi connectivity index (χ3n) is 4.61. The minimum absolute atomic E-state index is 0.179. The second-order valence-corrected chi connectivity index (χ2v) is 6.59. The van der Waals surface area contributed by atoms with E-state index in [0.29, 0.717) is 18.2 Å². The number of nitrogens with zero attached hydrogens (tertiary/aromatic N) is 4. The summed E-state index contributed by atoms with van der Waals surface area (Å²) in [7, 11) is 0. The van der Waals surface area contributed by atoms with Crippen LogP contribution in [0.1, 0.15) is 39.0 Å². The summed E-state index contributed by atoms with van der Waals surface area (Å²) in [6.45, 7) is 1.98. The monoisotopic (exact) mass is 360 g/mol. The summed E-state index contributed by atoms with van der Waals surface area (Å²) in [4.78, 5) is 17.1. The lowest BCUT2D eigenvalue weighted by atomic mass is 9.93. The fourth-order valence-corrected chi connectivity index (χ4v) is 2.97. The van der Waals surface area contributed by atoms with Crippen LogP contribution < -0.4 is 10.6 Å². The molecule has 3 rings (SSSR count). The summed E-state index contributed by atoms with van der Waals surface area (Å²) >= 11 is 0. The van der Waals surface area contributed by atoms with Gasteiger partial charge < -0.3 is 15.7 Å². The van der Waals surface area contributed by atoms with Crippen molar-refractivity contribution in [3.8, 4) is 11.3 Å². The van der Waals surface area contributed by atoms with Crippen LogP contribution in [0.3, 0.4) is 0 Å². The number of anilines is 2. The Hall–Kier alpha value is -2.35. The summed E-state index contributed by atoms with van der Waals surface area (Å²) in [6, 6.07) is 2.03. The van der Waals surface area contributed by atoms with Crippen molar-refractivity contribution in [2.24, 2.45) is 0 Å². The Balaban J connectivity index is 1.81. The molecule has 0 aromatic carbocycles. The highest BCUT2D eigenvalue weighted by Crippen LogP contribution is 2.28. The molecule has 2 aromatic heterocycles. The predicted molar refractivity (Wildman–Crippen MR) is 98.6 cm³/mol. The van der Waals surface area contributed by atoms with Gasteiger partial charge in [-0.05, 0) is 38.2 Å². The predicted octanol–water partition coefficient (Wildman–Crippen LogP) is 2.81. The molecule has 0 aliphatic heterocycles. The van der Waals surface area contributed by atoms with Crippen LogP contribution in [0.4, 0.5) is 16.2 Å². The zero-order valence-corrected chi connectivity index (χ0v) is 14.9. The van der Waals surface area contributed by atoms with E-state index in [0.717, 1.165) is 36.9 Å². The fourth-order valence-electron chi connectivity index (χ4n) is 2.97. The number of hydrogen-bond donors (Lipinski definition) is 3. The second kappa shape index (κ2) is 8.84. The van der Waals surface area contributed by atoms with E-state index in [1.165, 1.54) is 6.33 Å². The zero-order valence-electron chi connectivity index (χ0n) is 14.9. The van der Waals surface area contributed by atoms with Crippen LogP contribution in [0, 0.1) is 0 Å². The largest absolute Gasteiger partial charge is 0.393 e. The molecule has 0 amide bonds. The Morgan fingerprint density at radius 3 is 2.77 bits per heavy atom. The van der Waals surface area contributed by atoms with Gasteiger partial charge in [-0.3, -0.25) is 0 Å². The molecule has 0 unspecified atom stereocenters. The maximum absolute atomic E-state index is 13.5. The number of hydrogen-bond acceptors (Lipinski definition) is 7. The van der Waals surface area contributed by atoms with Crippen LogP contribution in [-0.2, 0) is 0 Å². The molecule has 1 aliphatic carbocycles. The van der Waals surface area contributed by atoms with Gasteiger partial charge in [0.15, 0.2) is 0 Å². The van der Waals surface area contributed by atoms with Gasteiger partial charge in [0, 0.05) is 25.0 Å². The molecule has 8 heteroatoms. The lowest BCUT2D eigenvalue weighted by molar-refractivity contribution is 0.126. The number of alkyl halides is 1. The van der Waals surface area contributed by atoms with E-state index in [2.05, 4.69) is 30.6 Å². The van der Waals surface area contributed by atoms with Gasteiger partial charge in [-0.1, -0.05) is 6.92 Å². The number of nitrogens with one attached hydrogen (secondary N) is 2. The molecule has 140 valence electrons. The van der Waals surface area contributed by atoms with Crippen LogP contribution in [0.15, 0.2) is 24.8 Å². The van der Waals surface area contributed by atoms with E-state index in [9.17, 15) is 9.50 Å². The minimum Gasteiger partial charge on any atom is -0.393 e. The summed E-state index contributed by atoms with van der Waals surface area (Å²) in [6.07, 6.45) is 7.44. The lowest BCUT2D eigenvalue weighted by Gasteiger charge is -2.27. The molecule has 2 aromatic rings. The van der Waals surface area contributed by atoms with Crippen LogP contribution in [0.25, 0.3) is 11.3 Å². The van der Waals surface area contributed by atoms with E-state index in [1.807, 2.05) is 0 Å². The number of rotatable bonds is 7. The summed E-state index contributed by atoms with van der Waals surface area (Å²) in [5.41, 5.74) is 1.50. The van der Waals surface area contributed by atoms with E-state index in [-0.39, 0.29) is 18.7 Å². The van der Waals surface area contributed by atoms with E-state index < -0.39 is 6.17 Å². The van der Waals surface area contributed by atoms with Crippen molar-refractivity contribution in [1.82, 2.24) is 19.9 Å². The van der Waals surface area contributed by atoms with Gasteiger partial charge in [0.25, 0.3) is 0 Å². The molecule has 0 radical (unpaired) electrons. The maximum Gasteiger partial charge on any atom is 0.224 e. The third-order valence-corrected chi connectivity index (χ3v) is 4.61. The molecular formula is C18H25FN6O.